The van der Waals surface area contributed by atoms with Gasteiger partial charge in [-0.1, -0.05) is 12.1 Å². The second-order valence-electron chi connectivity index (χ2n) is 6.20. The van der Waals surface area contributed by atoms with Gasteiger partial charge in [-0.2, -0.15) is 0 Å². The number of ether oxygens (including phenoxy) is 1. The van der Waals surface area contributed by atoms with Gasteiger partial charge >= 0.3 is 0 Å². The largest absolute Gasteiger partial charge is 0.497 e. The first-order valence-corrected chi connectivity index (χ1v) is 8.91. The minimum Gasteiger partial charge on any atom is -0.497 e. The number of thiazole rings is 1. The zero-order chi connectivity index (χ0) is 17.6. The fourth-order valence-corrected chi connectivity index (χ4v) is 3.28. The van der Waals surface area contributed by atoms with Crippen molar-refractivity contribution in [3.63, 3.8) is 0 Å². The van der Waals surface area contributed by atoms with Gasteiger partial charge in [0, 0.05) is 11.8 Å². The number of hydrogen-bond donors (Lipinski definition) is 2. The molecule has 1 amide bonds. The predicted octanol–water partition coefficient (Wildman–Crippen LogP) is 2.64. The van der Waals surface area contributed by atoms with E-state index in [2.05, 4.69) is 10.3 Å². The molecule has 3 N–H and O–H groups in total. The lowest BCUT2D eigenvalue weighted by atomic mass is 9.94. The molecule has 0 radical (unpaired) electrons. The zero-order valence-electron chi connectivity index (χ0n) is 14.5. The van der Waals surface area contributed by atoms with Crippen molar-refractivity contribution in [1.82, 2.24) is 10.3 Å². The zero-order valence-corrected chi connectivity index (χ0v) is 15.3. The smallest absolute Gasteiger partial charge is 0.226 e. The molecule has 0 bridgehead atoms. The van der Waals surface area contributed by atoms with Gasteiger partial charge in [0.05, 0.1) is 29.8 Å². The van der Waals surface area contributed by atoms with Crippen LogP contribution in [0.1, 0.15) is 36.5 Å². The summed E-state index contributed by atoms with van der Waals surface area (Å²) in [7, 11) is 1.64. The van der Waals surface area contributed by atoms with E-state index < -0.39 is 5.54 Å². The molecule has 0 spiro atoms. The Kier molecular flexibility index (Phi) is 6.34. The maximum Gasteiger partial charge on any atom is 0.226 e. The molecule has 24 heavy (non-hydrogen) atoms. The Morgan fingerprint density at radius 2 is 2.04 bits per heavy atom. The van der Waals surface area contributed by atoms with Crippen molar-refractivity contribution in [2.75, 3.05) is 13.7 Å². The molecule has 2 rings (SSSR count). The van der Waals surface area contributed by atoms with Gasteiger partial charge < -0.3 is 15.8 Å². The Balaban J connectivity index is 1.95. The molecule has 0 atom stereocenters. The Labute approximate surface area is 147 Å². The molecule has 6 heteroatoms. The lowest BCUT2D eigenvalue weighted by molar-refractivity contribution is -0.122. The molecule has 0 saturated heterocycles. The van der Waals surface area contributed by atoms with Crippen LogP contribution in [0.15, 0.2) is 29.6 Å². The summed E-state index contributed by atoms with van der Waals surface area (Å²) in [5.41, 5.74) is 6.90. The molecular weight excluding hydrogens is 322 g/mol. The topological polar surface area (TPSA) is 77.2 Å². The number of nitrogens with zero attached hydrogens (tertiary/aromatic N) is 1. The summed E-state index contributed by atoms with van der Waals surface area (Å²) < 4.78 is 5.17. The summed E-state index contributed by atoms with van der Waals surface area (Å²) >= 11 is 1.59. The van der Waals surface area contributed by atoms with E-state index in [1.54, 1.807) is 18.4 Å². The number of carbonyl (C=O) groups excluding carboxylic acids is 1. The molecule has 2 aromatic rings. The van der Waals surface area contributed by atoms with Crippen LogP contribution < -0.4 is 15.8 Å². The lowest BCUT2D eigenvalue weighted by Gasteiger charge is -2.27. The maximum atomic E-state index is 12.4. The van der Waals surface area contributed by atoms with Crippen LogP contribution in [0.4, 0.5) is 0 Å². The van der Waals surface area contributed by atoms with Crippen LogP contribution in [-0.2, 0) is 23.2 Å². The monoisotopic (exact) mass is 347 g/mol. The minimum atomic E-state index is -0.457. The van der Waals surface area contributed by atoms with Gasteiger partial charge in [0.25, 0.3) is 0 Å². The van der Waals surface area contributed by atoms with Crippen LogP contribution in [0.3, 0.4) is 0 Å². The van der Waals surface area contributed by atoms with Gasteiger partial charge in [-0.25, -0.2) is 4.98 Å². The van der Waals surface area contributed by atoms with Crippen molar-refractivity contribution in [2.24, 2.45) is 5.73 Å². The van der Waals surface area contributed by atoms with Crippen LogP contribution >= 0.6 is 11.3 Å². The highest BCUT2D eigenvalue weighted by molar-refractivity contribution is 7.09. The molecule has 5 nitrogen and oxygen atoms in total. The van der Waals surface area contributed by atoms with Gasteiger partial charge in [-0.05, 0) is 44.5 Å². The maximum absolute atomic E-state index is 12.4. The lowest BCUT2D eigenvalue weighted by Crippen LogP contribution is -2.41. The first-order chi connectivity index (χ1) is 11.4. The van der Waals surface area contributed by atoms with Crippen molar-refractivity contribution in [2.45, 2.75) is 38.6 Å². The number of nitrogens with one attached hydrogen (secondary N) is 1. The molecule has 1 aromatic carbocycles. The third kappa shape index (κ3) is 5.04. The van der Waals surface area contributed by atoms with Crippen LogP contribution in [0.5, 0.6) is 5.75 Å². The first kappa shape index (κ1) is 18.4. The minimum absolute atomic E-state index is 0.0357. The summed E-state index contributed by atoms with van der Waals surface area (Å²) in [6.45, 7) is 4.63. The second kappa shape index (κ2) is 8.26. The number of rotatable bonds is 8. The van der Waals surface area contributed by atoms with Gasteiger partial charge in [-0.15, -0.1) is 11.3 Å². The van der Waals surface area contributed by atoms with E-state index in [-0.39, 0.29) is 5.91 Å². The molecule has 1 aromatic heterocycles. The number of carbonyl (C=O) groups is 1. The third-order valence-electron chi connectivity index (χ3n) is 3.80. The van der Waals surface area contributed by atoms with Crippen molar-refractivity contribution in [3.8, 4) is 5.75 Å². The number of hydrogen-bond acceptors (Lipinski definition) is 5. The van der Waals surface area contributed by atoms with Gasteiger partial charge in [-0.3, -0.25) is 4.79 Å². The standard InChI is InChI=1S/C18H25N3O2S/c1-18(2,13-6-8-15(23-3)9-7-13)21-16(22)11-14-12-24-17(20-14)5-4-10-19/h6-9,12H,4-5,10-11,19H2,1-3H3,(H,21,22). The molecule has 0 fully saturated rings. The van der Waals surface area contributed by atoms with Crippen LogP contribution in [-0.4, -0.2) is 24.5 Å². The first-order valence-electron chi connectivity index (χ1n) is 8.03. The average molecular weight is 347 g/mol. The highest BCUT2D eigenvalue weighted by atomic mass is 32.1. The number of benzene rings is 1. The Morgan fingerprint density at radius 3 is 2.67 bits per heavy atom. The van der Waals surface area contributed by atoms with E-state index in [9.17, 15) is 4.79 Å². The Hall–Kier alpha value is -1.92. The van der Waals surface area contributed by atoms with E-state index in [1.165, 1.54) is 0 Å². The quantitative estimate of drug-likeness (QED) is 0.769. The SMILES string of the molecule is COc1ccc(C(C)(C)NC(=O)Cc2csc(CCCN)n2)cc1. The number of aromatic nitrogens is 1. The number of methoxy groups -OCH3 is 1. The molecule has 0 unspecified atom stereocenters. The van der Waals surface area contributed by atoms with Crippen molar-refractivity contribution in [1.29, 1.82) is 0 Å². The fraction of sp³-hybridized carbons (Fsp3) is 0.444. The van der Waals surface area contributed by atoms with E-state index in [1.807, 2.05) is 43.5 Å². The summed E-state index contributed by atoms with van der Waals surface area (Å²) in [5, 5.41) is 6.07. The van der Waals surface area contributed by atoms with Gasteiger partial charge in [0.15, 0.2) is 0 Å². The van der Waals surface area contributed by atoms with Crippen LogP contribution in [0, 0.1) is 0 Å². The molecule has 0 saturated carbocycles. The molecule has 130 valence electrons. The molecule has 0 aliphatic rings. The van der Waals surface area contributed by atoms with Crippen LogP contribution in [0.25, 0.3) is 0 Å². The molecular formula is C18H25N3O2S. The van der Waals surface area contributed by atoms with Crippen molar-refractivity contribution in [3.05, 3.63) is 45.9 Å². The summed E-state index contributed by atoms with van der Waals surface area (Å²) in [4.78, 5) is 16.9. The summed E-state index contributed by atoms with van der Waals surface area (Å²) in [5.74, 6) is 0.764. The second-order valence-corrected chi connectivity index (χ2v) is 7.15. The average Bonchev–Trinajstić information content (AvgIpc) is 2.99. The summed E-state index contributed by atoms with van der Waals surface area (Å²) in [6, 6.07) is 7.72. The van der Waals surface area contributed by atoms with Gasteiger partial charge in [0.2, 0.25) is 5.91 Å². The normalized spacial score (nSPS) is 11.3. The summed E-state index contributed by atoms with van der Waals surface area (Å²) in [6.07, 6.45) is 2.09. The van der Waals surface area contributed by atoms with Crippen LogP contribution in [0.2, 0.25) is 0 Å². The molecule has 1 heterocycles. The molecule has 0 aliphatic heterocycles. The Bertz CT molecular complexity index is 665. The third-order valence-corrected chi connectivity index (χ3v) is 4.76. The molecule has 0 aliphatic carbocycles. The highest BCUT2D eigenvalue weighted by Crippen LogP contribution is 2.23. The van der Waals surface area contributed by atoms with E-state index in [0.29, 0.717) is 13.0 Å². The fourth-order valence-electron chi connectivity index (χ4n) is 2.44. The number of amides is 1. The van der Waals surface area contributed by atoms with E-state index in [4.69, 9.17) is 10.5 Å². The highest BCUT2D eigenvalue weighted by Gasteiger charge is 2.23. The van der Waals surface area contributed by atoms with E-state index >= 15 is 0 Å². The van der Waals surface area contributed by atoms with Crippen molar-refractivity contribution < 1.29 is 9.53 Å². The van der Waals surface area contributed by atoms with E-state index in [0.717, 1.165) is 34.9 Å². The predicted molar refractivity (Wildman–Crippen MR) is 97.4 cm³/mol. The Morgan fingerprint density at radius 1 is 1.33 bits per heavy atom. The van der Waals surface area contributed by atoms with Gasteiger partial charge in [0.1, 0.15) is 5.75 Å². The number of nitrogens with two attached hydrogens (primary N) is 1. The van der Waals surface area contributed by atoms with Crippen molar-refractivity contribution >= 4 is 17.2 Å². The number of aryl methyl sites for hydroxylation is 1.